The highest BCUT2D eigenvalue weighted by molar-refractivity contribution is 5.76. The van der Waals surface area contributed by atoms with E-state index < -0.39 is 0 Å². The molecule has 2 nitrogen and oxygen atoms in total. The first kappa shape index (κ1) is 28.2. The largest absolute Gasteiger partial charge is 0.325 e. The summed E-state index contributed by atoms with van der Waals surface area (Å²) in [5.41, 5.74) is 0. The van der Waals surface area contributed by atoms with Crippen LogP contribution in [0.2, 0.25) is 0 Å². The highest BCUT2D eigenvalue weighted by Crippen LogP contribution is 2.03. The third-order valence-corrected chi connectivity index (χ3v) is 5.37. The molecular weight excluding hydrogens is 242 g/mol. The van der Waals surface area contributed by atoms with Gasteiger partial charge >= 0.3 is 0 Å². The van der Waals surface area contributed by atoms with Gasteiger partial charge in [0.15, 0.2) is 0 Å². The Hall–Kier alpha value is 0.0499. The van der Waals surface area contributed by atoms with Crippen LogP contribution in [0.25, 0.3) is 0 Å². The molecule has 0 bridgehead atoms. The quantitative estimate of drug-likeness (QED) is 0.459. The van der Waals surface area contributed by atoms with Gasteiger partial charge in [0.2, 0.25) is 0 Å². The van der Waals surface area contributed by atoms with Crippen LogP contribution >= 0.6 is 0 Å². The van der Waals surface area contributed by atoms with Gasteiger partial charge in [0.25, 0.3) is 0 Å². The number of hydrogen-bond acceptors (Lipinski definition) is 0. The average molecular weight is 290 g/mol. The lowest BCUT2D eigenvalue weighted by atomic mass is 10.3. The number of quaternary nitrogens is 2. The molecule has 0 fully saturated rings. The molecule has 4 heteroatoms. The predicted octanol–water partition coefficient (Wildman–Crippen LogP) is 0.862. The molecule has 0 aromatic carbocycles. The minimum atomic E-state index is 0. The van der Waals surface area contributed by atoms with E-state index in [0.29, 0.717) is 0 Å². The van der Waals surface area contributed by atoms with Crippen LogP contribution in [0.4, 0.5) is 0 Å². The minimum absolute atomic E-state index is 0. The molecule has 0 aromatic rings. The van der Waals surface area contributed by atoms with E-state index in [4.69, 9.17) is 0 Å². The molecule has 0 amide bonds. The molecular formula is C16H48B2N2. The standard InChI is InChI=1S/2C8H20N.2BH4/c2*1-5-9(6-2,7-3)8-4;;/h2*5-8H2,1-4H3;2*1H4/q2*+1;2*-1. The normalized spacial score (nSPS) is 10.8. The molecule has 0 aliphatic rings. The first-order chi connectivity index (χ1) is 8.49. The summed E-state index contributed by atoms with van der Waals surface area (Å²) >= 11 is 0. The number of rotatable bonds is 8. The highest BCUT2D eigenvalue weighted by Gasteiger charge is 2.16. The Bertz CT molecular complexity index is 124. The van der Waals surface area contributed by atoms with Gasteiger partial charge in [-0.1, -0.05) is 16.8 Å². The first-order valence-corrected chi connectivity index (χ1v) is 8.19. The second kappa shape index (κ2) is 15.4. The van der Waals surface area contributed by atoms with Crippen LogP contribution < -0.4 is 0 Å². The van der Waals surface area contributed by atoms with Gasteiger partial charge in [-0.05, 0) is 55.4 Å². The van der Waals surface area contributed by atoms with Crippen LogP contribution in [0.5, 0.6) is 0 Å². The first-order valence-electron chi connectivity index (χ1n) is 8.19. The maximum atomic E-state index is 2.27. The van der Waals surface area contributed by atoms with Crippen molar-refractivity contribution in [2.45, 2.75) is 55.4 Å². The fraction of sp³-hybridized carbons (Fsp3) is 1.00. The van der Waals surface area contributed by atoms with Crippen molar-refractivity contribution >= 4 is 16.8 Å². The van der Waals surface area contributed by atoms with Crippen molar-refractivity contribution in [3.8, 4) is 0 Å². The third-order valence-electron chi connectivity index (χ3n) is 5.37. The maximum absolute atomic E-state index is 2.27. The summed E-state index contributed by atoms with van der Waals surface area (Å²) in [5.74, 6) is 0. The van der Waals surface area contributed by atoms with E-state index in [0.717, 1.165) is 0 Å². The topological polar surface area (TPSA) is 0 Å². The van der Waals surface area contributed by atoms with E-state index in [-0.39, 0.29) is 16.8 Å². The molecule has 0 radical (unpaired) electrons. The van der Waals surface area contributed by atoms with Crippen LogP contribution in [-0.2, 0) is 0 Å². The lowest BCUT2D eigenvalue weighted by Gasteiger charge is -2.34. The van der Waals surface area contributed by atoms with Crippen LogP contribution in [0, 0.1) is 0 Å². The molecule has 0 spiro atoms. The Kier molecular flexibility index (Phi) is 21.8. The van der Waals surface area contributed by atoms with Gasteiger partial charge in [-0.2, -0.15) is 0 Å². The summed E-state index contributed by atoms with van der Waals surface area (Å²) in [6.07, 6.45) is 0. The lowest BCUT2D eigenvalue weighted by Crippen LogP contribution is -2.47. The molecule has 0 unspecified atom stereocenters. The Balaban J connectivity index is -0.000000116. The highest BCUT2D eigenvalue weighted by atomic mass is 15.3. The van der Waals surface area contributed by atoms with Crippen molar-refractivity contribution in [1.29, 1.82) is 0 Å². The van der Waals surface area contributed by atoms with Gasteiger partial charge in [-0.3, -0.25) is 0 Å². The molecule has 128 valence electrons. The van der Waals surface area contributed by atoms with Gasteiger partial charge < -0.3 is 8.97 Å². The third kappa shape index (κ3) is 9.07. The molecule has 0 saturated carbocycles. The zero-order valence-corrected chi connectivity index (χ0v) is 14.6. The van der Waals surface area contributed by atoms with E-state index in [2.05, 4.69) is 55.4 Å². The van der Waals surface area contributed by atoms with Crippen molar-refractivity contribution < 1.29 is 8.97 Å². The van der Waals surface area contributed by atoms with Crippen molar-refractivity contribution in [3.05, 3.63) is 0 Å². The summed E-state index contributed by atoms with van der Waals surface area (Å²) < 4.78 is 2.56. The minimum Gasteiger partial charge on any atom is -0.325 e. The molecule has 0 saturated heterocycles. The lowest BCUT2D eigenvalue weighted by molar-refractivity contribution is -0.921. The Labute approximate surface area is 134 Å². The molecule has 0 aliphatic heterocycles. The second-order valence-corrected chi connectivity index (χ2v) is 5.21. The van der Waals surface area contributed by atoms with E-state index in [9.17, 15) is 0 Å². The van der Waals surface area contributed by atoms with Gasteiger partial charge in [0, 0.05) is 0 Å². The van der Waals surface area contributed by atoms with Crippen molar-refractivity contribution in [1.82, 2.24) is 0 Å². The van der Waals surface area contributed by atoms with E-state index in [1.165, 1.54) is 61.3 Å². The van der Waals surface area contributed by atoms with E-state index >= 15 is 0 Å². The Morgan fingerprint density at radius 3 is 0.450 bits per heavy atom. The van der Waals surface area contributed by atoms with Gasteiger partial charge in [0.1, 0.15) is 0 Å². The summed E-state index contributed by atoms with van der Waals surface area (Å²) in [5, 5.41) is 0. The summed E-state index contributed by atoms with van der Waals surface area (Å²) in [7, 11) is 0. The van der Waals surface area contributed by atoms with Gasteiger partial charge in [0.05, 0.1) is 52.4 Å². The van der Waals surface area contributed by atoms with Crippen LogP contribution in [0.15, 0.2) is 0 Å². The zero-order valence-electron chi connectivity index (χ0n) is 14.6. The average Bonchev–Trinajstić information content (AvgIpc) is 2.46. The number of hydrogen-bond donors (Lipinski definition) is 0. The van der Waals surface area contributed by atoms with E-state index in [1.54, 1.807) is 0 Å². The Morgan fingerprint density at radius 2 is 0.450 bits per heavy atom. The molecule has 0 atom stereocenters. The second-order valence-electron chi connectivity index (χ2n) is 5.21. The fourth-order valence-electron chi connectivity index (χ4n) is 2.68. The molecule has 0 heterocycles. The molecule has 0 aliphatic carbocycles. The molecule has 20 heavy (non-hydrogen) atoms. The Morgan fingerprint density at radius 1 is 0.350 bits per heavy atom. The maximum Gasteiger partial charge on any atom is 0.0757 e. The summed E-state index contributed by atoms with van der Waals surface area (Å²) in [4.78, 5) is 0. The van der Waals surface area contributed by atoms with Crippen molar-refractivity contribution in [2.24, 2.45) is 0 Å². The number of nitrogens with zero attached hydrogens (tertiary/aromatic N) is 2. The van der Waals surface area contributed by atoms with Crippen molar-refractivity contribution in [2.75, 3.05) is 52.4 Å². The molecule has 0 N–H and O–H groups in total. The van der Waals surface area contributed by atoms with Crippen molar-refractivity contribution in [3.63, 3.8) is 0 Å². The monoisotopic (exact) mass is 290 g/mol. The summed E-state index contributed by atoms with van der Waals surface area (Å²) in [6.45, 7) is 28.4. The zero-order chi connectivity index (χ0) is 14.7. The molecule has 0 aromatic heterocycles. The predicted molar refractivity (Wildman–Crippen MR) is 108 cm³/mol. The van der Waals surface area contributed by atoms with Crippen LogP contribution in [-0.4, -0.2) is 78.2 Å². The summed E-state index contributed by atoms with van der Waals surface area (Å²) in [6, 6.07) is 0. The van der Waals surface area contributed by atoms with Gasteiger partial charge in [-0.25, -0.2) is 0 Å². The fourth-order valence-corrected chi connectivity index (χ4v) is 2.68. The van der Waals surface area contributed by atoms with Gasteiger partial charge in [-0.15, -0.1) is 0 Å². The SMILES string of the molecule is CC[N+](CC)(CC)CC.CC[N+](CC)(CC)CC.[BH4-].[BH4-]. The van der Waals surface area contributed by atoms with E-state index in [1.807, 2.05) is 0 Å². The van der Waals surface area contributed by atoms with Crippen LogP contribution in [0.1, 0.15) is 55.4 Å². The smallest absolute Gasteiger partial charge is 0.0757 e. The van der Waals surface area contributed by atoms with Crippen LogP contribution in [0.3, 0.4) is 0 Å². The molecule has 0 rings (SSSR count).